The van der Waals surface area contributed by atoms with Crippen LogP contribution in [0.3, 0.4) is 0 Å². The number of rotatable bonds is 6. The molecule has 0 aliphatic heterocycles. The van der Waals surface area contributed by atoms with Crippen LogP contribution < -0.4 is 16.8 Å². The summed E-state index contributed by atoms with van der Waals surface area (Å²) < 4.78 is 0. The average Bonchev–Trinajstić information content (AvgIpc) is 2.27. The Hall–Kier alpha value is -1.75. The summed E-state index contributed by atoms with van der Waals surface area (Å²) in [7, 11) is 0. The third-order valence-corrected chi connectivity index (χ3v) is 2.63. The molecule has 6 heteroatoms. The van der Waals surface area contributed by atoms with Gasteiger partial charge in [0.2, 0.25) is 5.91 Å². The largest absolute Gasteiger partial charge is 0.398 e. The van der Waals surface area contributed by atoms with E-state index in [1.165, 1.54) is 6.07 Å². The van der Waals surface area contributed by atoms with E-state index in [2.05, 4.69) is 5.32 Å². The first-order valence-electron chi connectivity index (χ1n) is 5.62. The second-order valence-electron chi connectivity index (χ2n) is 3.91. The Kier molecular flexibility index (Phi) is 5.45. The monoisotopic (exact) mass is 269 g/mol. The van der Waals surface area contributed by atoms with Crippen molar-refractivity contribution in [2.75, 3.05) is 12.3 Å². The predicted octanol–water partition coefficient (Wildman–Crippen LogP) is 1.31. The first-order valence-corrected chi connectivity index (χ1v) is 6.00. The Balaban J connectivity index is 2.39. The number of hydrogen-bond donors (Lipinski definition) is 3. The Morgan fingerprint density at radius 1 is 1.28 bits per heavy atom. The number of nitrogens with one attached hydrogen (secondary N) is 1. The van der Waals surface area contributed by atoms with Crippen molar-refractivity contribution in [2.24, 2.45) is 5.73 Å². The number of anilines is 1. The van der Waals surface area contributed by atoms with Crippen molar-refractivity contribution in [1.29, 1.82) is 0 Å². The molecule has 5 nitrogen and oxygen atoms in total. The van der Waals surface area contributed by atoms with Gasteiger partial charge in [0, 0.05) is 23.7 Å². The fraction of sp³-hybridized carbons (Fsp3) is 0.333. The fourth-order valence-corrected chi connectivity index (χ4v) is 1.64. The summed E-state index contributed by atoms with van der Waals surface area (Å²) in [6.45, 7) is 0.480. The molecule has 0 atom stereocenters. The number of amides is 2. The van der Waals surface area contributed by atoms with Crippen molar-refractivity contribution in [3.8, 4) is 0 Å². The van der Waals surface area contributed by atoms with E-state index in [9.17, 15) is 9.59 Å². The first kappa shape index (κ1) is 14.3. The lowest BCUT2D eigenvalue weighted by atomic mass is 10.1. The van der Waals surface area contributed by atoms with E-state index < -0.39 is 0 Å². The van der Waals surface area contributed by atoms with Gasteiger partial charge in [0.05, 0.1) is 5.56 Å². The highest BCUT2D eigenvalue weighted by molar-refractivity contribution is 6.31. The summed E-state index contributed by atoms with van der Waals surface area (Å²) in [4.78, 5) is 22.2. The van der Waals surface area contributed by atoms with Crippen molar-refractivity contribution in [2.45, 2.75) is 19.3 Å². The van der Waals surface area contributed by atoms with E-state index in [1.807, 2.05) is 0 Å². The summed E-state index contributed by atoms with van der Waals surface area (Å²) >= 11 is 5.74. The lowest BCUT2D eigenvalue weighted by Gasteiger charge is -2.07. The first-order chi connectivity index (χ1) is 8.50. The highest BCUT2D eigenvalue weighted by Crippen LogP contribution is 2.17. The molecule has 5 N–H and O–H groups in total. The van der Waals surface area contributed by atoms with Gasteiger partial charge in [-0.3, -0.25) is 9.59 Å². The van der Waals surface area contributed by atoms with Crippen molar-refractivity contribution in [1.82, 2.24) is 5.32 Å². The van der Waals surface area contributed by atoms with Crippen LogP contribution >= 0.6 is 11.6 Å². The highest BCUT2D eigenvalue weighted by atomic mass is 35.5. The van der Waals surface area contributed by atoms with Crippen LogP contribution in [0, 0.1) is 0 Å². The molecule has 0 saturated carbocycles. The Labute approximate surface area is 110 Å². The number of nitrogen functional groups attached to an aromatic ring is 1. The summed E-state index contributed by atoms with van der Waals surface area (Å²) in [6, 6.07) is 4.72. The van der Waals surface area contributed by atoms with Gasteiger partial charge in [-0.15, -0.1) is 0 Å². The molecule has 0 aromatic heterocycles. The summed E-state index contributed by atoms with van der Waals surface area (Å²) in [5, 5.41) is 3.21. The van der Waals surface area contributed by atoms with Crippen LogP contribution in [0.15, 0.2) is 18.2 Å². The maximum Gasteiger partial charge on any atom is 0.253 e. The fourth-order valence-electron chi connectivity index (χ4n) is 1.46. The standard InChI is InChI=1S/C12H16ClN3O2/c13-8-4-5-9(10(14)7-8)12(18)16-6-2-1-3-11(15)17/h4-5,7H,1-3,6,14H2,(H2,15,17)(H,16,18). The van der Waals surface area contributed by atoms with Crippen LogP contribution in [-0.2, 0) is 4.79 Å². The number of halogens is 1. The SMILES string of the molecule is NC(=O)CCCCNC(=O)c1ccc(Cl)cc1N. The number of carbonyl (C=O) groups excluding carboxylic acids is 2. The second-order valence-corrected chi connectivity index (χ2v) is 4.35. The van der Waals surface area contributed by atoms with Crippen LogP contribution in [-0.4, -0.2) is 18.4 Å². The number of unbranched alkanes of at least 4 members (excludes halogenated alkanes) is 1. The molecular formula is C12H16ClN3O2. The van der Waals surface area contributed by atoms with Crippen LogP contribution in [0.5, 0.6) is 0 Å². The minimum absolute atomic E-state index is 0.247. The van der Waals surface area contributed by atoms with Gasteiger partial charge in [0.25, 0.3) is 5.91 Å². The quantitative estimate of drug-likeness (QED) is 0.536. The van der Waals surface area contributed by atoms with Gasteiger partial charge in [-0.25, -0.2) is 0 Å². The zero-order chi connectivity index (χ0) is 13.5. The van der Waals surface area contributed by atoms with Gasteiger partial charge >= 0.3 is 0 Å². The number of carbonyl (C=O) groups is 2. The molecule has 0 unspecified atom stereocenters. The van der Waals surface area contributed by atoms with E-state index in [0.29, 0.717) is 42.1 Å². The average molecular weight is 270 g/mol. The smallest absolute Gasteiger partial charge is 0.253 e. The maximum absolute atomic E-state index is 11.7. The summed E-state index contributed by atoms with van der Waals surface area (Å²) in [5.41, 5.74) is 11.4. The van der Waals surface area contributed by atoms with Crippen LogP contribution in [0.2, 0.25) is 5.02 Å². The molecule has 0 spiro atoms. The van der Waals surface area contributed by atoms with Crippen LogP contribution in [0.4, 0.5) is 5.69 Å². The van der Waals surface area contributed by atoms with Crippen LogP contribution in [0.25, 0.3) is 0 Å². The molecule has 1 aromatic rings. The van der Waals surface area contributed by atoms with Gasteiger partial charge < -0.3 is 16.8 Å². The molecule has 1 aromatic carbocycles. The maximum atomic E-state index is 11.7. The normalized spacial score (nSPS) is 10.1. The van der Waals surface area contributed by atoms with Crippen LogP contribution in [0.1, 0.15) is 29.6 Å². The van der Waals surface area contributed by atoms with E-state index >= 15 is 0 Å². The molecule has 0 aliphatic carbocycles. The van der Waals surface area contributed by atoms with Gasteiger partial charge in [-0.05, 0) is 31.0 Å². The molecule has 0 aliphatic rings. The van der Waals surface area contributed by atoms with E-state index in [4.69, 9.17) is 23.1 Å². The Morgan fingerprint density at radius 3 is 2.61 bits per heavy atom. The zero-order valence-electron chi connectivity index (χ0n) is 9.91. The van der Waals surface area contributed by atoms with E-state index in [-0.39, 0.29) is 11.8 Å². The number of hydrogen-bond acceptors (Lipinski definition) is 3. The van der Waals surface area contributed by atoms with Crippen molar-refractivity contribution < 1.29 is 9.59 Å². The zero-order valence-corrected chi connectivity index (χ0v) is 10.7. The van der Waals surface area contributed by atoms with Gasteiger partial charge in [-0.1, -0.05) is 11.6 Å². The molecule has 0 bridgehead atoms. The number of nitrogens with two attached hydrogens (primary N) is 2. The lowest BCUT2D eigenvalue weighted by molar-refractivity contribution is -0.118. The predicted molar refractivity (Wildman–Crippen MR) is 71.2 cm³/mol. The van der Waals surface area contributed by atoms with Gasteiger partial charge in [-0.2, -0.15) is 0 Å². The van der Waals surface area contributed by atoms with Crippen molar-refractivity contribution in [3.05, 3.63) is 28.8 Å². The van der Waals surface area contributed by atoms with Crippen molar-refractivity contribution >= 4 is 29.1 Å². The topological polar surface area (TPSA) is 98.2 Å². The third-order valence-electron chi connectivity index (χ3n) is 2.39. The molecule has 18 heavy (non-hydrogen) atoms. The lowest BCUT2D eigenvalue weighted by Crippen LogP contribution is -2.25. The van der Waals surface area contributed by atoms with Gasteiger partial charge in [0.15, 0.2) is 0 Å². The molecule has 0 heterocycles. The minimum Gasteiger partial charge on any atom is -0.398 e. The summed E-state index contributed by atoms with van der Waals surface area (Å²) in [5.74, 6) is -0.577. The molecule has 0 radical (unpaired) electrons. The third kappa shape index (κ3) is 4.63. The molecule has 0 saturated heterocycles. The Bertz CT molecular complexity index is 449. The Morgan fingerprint density at radius 2 is 2.00 bits per heavy atom. The van der Waals surface area contributed by atoms with E-state index in [0.717, 1.165) is 0 Å². The van der Waals surface area contributed by atoms with Gasteiger partial charge in [0.1, 0.15) is 0 Å². The minimum atomic E-state index is -0.330. The molecule has 1 rings (SSSR count). The highest BCUT2D eigenvalue weighted by Gasteiger charge is 2.09. The molecule has 98 valence electrons. The molecular weight excluding hydrogens is 254 g/mol. The van der Waals surface area contributed by atoms with E-state index in [1.54, 1.807) is 12.1 Å². The number of primary amides is 1. The molecule has 2 amide bonds. The second kappa shape index (κ2) is 6.86. The van der Waals surface area contributed by atoms with Crippen molar-refractivity contribution in [3.63, 3.8) is 0 Å². The summed E-state index contributed by atoms with van der Waals surface area (Å²) in [6.07, 6.45) is 1.69. The molecule has 0 fully saturated rings. The number of benzene rings is 1.